The van der Waals surface area contributed by atoms with E-state index in [1.807, 2.05) is 0 Å². The van der Waals surface area contributed by atoms with E-state index in [4.69, 9.17) is 20.8 Å². The van der Waals surface area contributed by atoms with Crippen molar-refractivity contribution in [3.63, 3.8) is 0 Å². The average Bonchev–Trinajstić information content (AvgIpc) is 3.39. The maximum Gasteiger partial charge on any atom is 0.290 e. The number of carbonyl (C=O) groups excluding carboxylic acids is 2. The number of fused-ring (bicyclic) bond motifs is 1. The summed E-state index contributed by atoms with van der Waals surface area (Å²) in [5.41, 5.74) is 1.38. The molecule has 0 fully saturated rings. The Bertz CT molecular complexity index is 1480. The lowest BCUT2D eigenvalue weighted by Crippen LogP contribution is -2.30. The molecule has 9 heteroatoms. The molecule has 1 aliphatic rings. The van der Waals surface area contributed by atoms with Gasteiger partial charge < -0.3 is 19.2 Å². The number of aliphatic hydroxyl groups excluding tert-OH is 1. The Hall–Kier alpha value is -4.17. The molecular formula is C26H18ClFN2O5. The van der Waals surface area contributed by atoms with E-state index in [-0.39, 0.29) is 17.9 Å². The number of ketones is 1. The minimum atomic E-state index is -0.915. The highest BCUT2D eigenvalue weighted by atomic mass is 35.5. The van der Waals surface area contributed by atoms with Gasteiger partial charge in [0.15, 0.2) is 22.9 Å². The first-order chi connectivity index (χ1) is 16.9. The Morgan fingerprint density at radius 3 is 2.57 bits per heavy atom. The molecule has 2 aromatic carbocycles. The van der Waals surface area contributed by atoms with Crippen molar-refractivity contribution in [2.24, 2.45) is 0 Å². The maximum atomic E-state index is 13.7. The summed E-state index contributed by atoms with van der Waals surface area (Å²) in [6.07, 6.45) is 3.06. The van der Waals surface area contributed by atoms with Gasteiger partial charge in [-0.25, -0.2) is 4.39 Å². The zero-order valence-corrected chi connectivity index (χ0v) is 19.1. The van der Waals surface area contributed by atoms with Crippen LogP contribution in [0.2, 0.25) is 5.02 Å². The van der Waals surface area contributed by atoms with Gasteiger partial charge >= 0.3 is 0 Å². The summed E-state index contributed by atoms with van der Waals surface area (Å²) in [5.74, 6) is -2.22. The molecular weight excluding hydrogens is 475 g/mol. The lowest BCUT2D eigenvalue weighted by atomic mass is 9.95. The molecule has 1 N–H and O–H groups in total. The smallest absolute Gasteiger partial charge is 0.290 e. The van der Waals surface area contributed by atoms with Gasteiger partial charge in [-0.3, -0.25) is 14.6 Å². The number of aliphatic hydroxyl groups is 1. The van der Waals surface area contributed by atoms with Crippen LogP contribution in [0.4, 0.5) is 4.39 Å². The number of furan rings is 1. The molecule has 0 spiro atoms. The fourth-order valence-electron chi connectivity index (χ4n) is 4.21. The molecule has 0 saturated heterocycles. The van der Waals surface area contributed by atoms with Crippen molar-refractivity contribution < 1.29 is 28.2 Å². The third kappa shape index (κ3) is 4.02. The van der Waals surface area contributed by atoms with Crippen LogP contribution in [-0.4, -0.2) is 33.8 Å². The van der Waals surface area contributed by atoms with Crippen LogP contribution in [0.15, 0.2) is 82.7 Å². The molecule has 0 radical (unpaired) electrons. The highest BCUT2D eigenvalue weighted by Gasteiger charge is 2.44. The van der Waals surface area contributed by atoms with E-state index >= 15 is 0 Å². The number of ether oxygens (including phenoxy) is 1. The first-order valence-corrected chi connectivity index (χ1v) is 11.0. The Balaban J connectivity index is 1.59. The van der Waals surface area contributed by atoms with Crippen molar-refractivity contribution in [1.29, 1.82) is 0 Å². The SMILES string of the molecule is COc1cc(Cl)cc2cc(C(=O)C3=C(O)C(=O)N(Cc4ccc(F)cc4)C3c3ccncc3)oc12. The third-order valence-corrected chi connectivity index (χ3v) is 6.05. The number of carbonyl (C=O) groups is 2. The number of halogens is 2. The predicted octanol–water partition coefficient (Wildman–Crippen LogP) is 5.41. The lowest BCUT2D eigenvalue weighted by Gasteiger charge is -2.26. The summed E-state index contributed by atoms with van der Waals surface area (Å²) < 4.78 is 24.5. The maximum absolute atomic E-state index is 13.7. The number of nitrogens with zero attached hydrogens (tertiary/aromatic N) is 2. The number of aromatic nitrogens is 1. The fraction of sp³-hybridized carbons (Fsp3) is 0.115. The van der Waals surface area contributed by atoms with E-state index in [1.165, 1.54) is 42.6 Å². The van der Waals surface area contributed by atoms with Gasteiger partial charge in [-0.1, -0.05) is 23.7 Å². The van der Waals surface area contributed by atoms with Crippen LogP contribution >= 0.6 is 11.6 Å². The van der Waals surface area contributed by atoms with Gasteiger partial charge in [0, 0.05) is 35.4 Å². The lowest BCUT2D eigenvalue weighted by molar-refractivity contribution is -0.130. The van der Waals surface area contributed by atoms with Crippen molar-refractivity contribution in [1.82, 2.24) is 9.88 Å². The van der Waals surface area contributed by atoms with Gasteiger partial charge in [0.05, 0.1) is 18.7 Å². The molecule has 1 amide bonds. The molecule has 0 saturated carbocycles. The van der Waals surface area contributed by atoms with Gasteiger partial charge in [-0.15, -0.1) is 0 Å². The molecule has 0 bridgehead atoms. The number of Topliss-reactive ketones (excluding diaryl/α,β-unsaturated/α-hetero) is 1. The van der Waals surface area contributed by atoms with Crippen molar-refractivity contribution in [2.75, 3.05) is 7.11 Å². The summed E-state index contributed by atoms with van der Waals surface area (Å²) in [6, 6.07) is 12.7. The molecule has 1 aliphatic heterocycles. The minimum Gasteiger partial charge on any atom is -0.503 e. The quantitative estimate of drug-likeness (QED) is 0.362. The minimum absolute atomic E-state index is 0.0382. The summed E-state index contributed by atoms with van der Waals surface area (Å²) in [6.45, 7) is 0.0382. The van der Waals surface area contributed by atoms with E-state index in [0.717, 1.165) is 0 Å². The fourth-order valence-corrected chi connectivity index (χ4v) is 4.43. The van der Waals surface area contributed by atoms with E-state index in [9.17, 15) is 19.1 Å². The molecule has 2 aromatic heterocycles. The number of benzene rings is 2. The van der Waals surface area contributed by atoms with Crippen LogP contribution in [-0.2, 0) is 11.3 Å². The molecule has 0 aliphatic carbocycles. The number of methoxy groups -OCH3 is 1. The van der Waals surface area contributed by atoms with E-state index in [0.29, 0.717) is 32.9 Å². The standard InChI is InChI=1S/C26H18ClFN2O5/c1-34-20-12-17(27)10-16-11-19(35-25(16)20)23(31)21-22(15-6-8-29-9-7-15)30(26(33)24(21)32)13-14-2-4-18(28)5-3-14/h2-12,22,32H,13H2,1H3. The second kappa shape index (κ2) is 8.88. The van der Waals surface area contributed by atoms with Crippen LogP contribution in [0.25, 0.3) is 11.0 Å². The Labute approximate surface area is 204 Å². The van der Waals surface area contributed by atoms with Gasteiger partial charge in [0.25, 0.3) is 5.91 Å². The second-order valence-electron chi connectivity index (χ2n) is 7.97. The van der Waals surface area contributed by atoms with E-state index < -0.39 is 29.3 Å². The summed E-state index contributed by atoms with van der Waals surface area (Å²) in [4.78, 5) is 32.1. The monoisotopic (exact) mass is 492 g/mol. The van der Waals surface area contributed by atoms with Crippen molar-refractivity contribution >= 4 is 34.3 Å². The second-order valence-corrected chi connectivity index (χ2v) is 8.41. The van der Waals surface area contributed by atoms with Crippen molar-refractivity contribution in [2.45, 2.75) is 12.6 Å². The summed E-state index contributed by atoms with van der Waals surface area (Å²) >= 11 is 6.13. The van der Waals surface area contributed by atoms with E-state index in [1.54, 1.807) is 36.4 Å². The molecule has 1 atom stereocenters. The van der Waals surface area contributed by atoms with Gasteiger partial charge in [-0.05, 0) is 47.5 Å². The Morgan fingerprint density at radius 1 is 1.17 bits per heavy atom. The first-order valence-electron chi connectivity index (χ1n) is 10.6. The van der Waals surface area contributed by atoms with Crippen LogP contribution in [0.3, 0.4) is 0 Å². The molecule has 7 nitrogen and oxygen atoms in total. The van der Waals surface area contributed by atoms with Gasteiger partial charge in [0.2, 0.25) is 5.78 Å². The number of hydrogen-bond donors (Lipinski definition) is 1. The van der Waals surface area contributed by atoms with Crippen LogP contribution in [0, 0.1) is 5.82 Å². The molecule has 4 aromatic rings. The third-order valence-electron chi connectivity index (χ3n) is 5.83. The number of rotatable bonds is 6. The van der Waals surface area contributed by atoms with Gasteiger partial charge in [-0.2, -0.15) is 0 Å². The first kappa shape index (κ1) is 22.6. The molecule has 35 heavy (non-hydrogen) atoms. The topological polar surface area (TPSA) is 92.9 Å². The largest absolute Gasteiger partial charge is 0.503 e. The Kier molecular flexibility index (Phi) is 5.74. The molecule has 5 rings (SSSR count). The average molecular weight is 493 g/mol. The highest BCUT2D eigenvalue weighted by Crippen LogP contribution is 2.41. The summed E-state index contributed by atoms with van der Waals surface area (Å²) in [5, 5.41) is 11.8. The number of pyridine rings is 1. The summed E-state index contributed by atoms with van der Waals surface area (Å²) in [7, 11) is 1.45. The zero-order valence-electron chi connectivity index (χ0n) is 18.4. The van der Waals surface area contributed by atoms with Crippen molar-refractivity contribution in [3.05, 3.63) is 106 Å². The molecule has 176 valence electrons. The Morgan fingerprint density at radius 2 is 1.89 bits per heavy atom. The van der Waals surface area contributed by atoms with Crippen LogP contribution in [0.5, 0.6) is 5.75 Å². The van der Waals surface area contributed by atoms with Crippen LogP contribution in [0.1, 0.15) is 27.7 Å². The number of hydrogen-bond acceptors (Lipinski definition) is 6. The van der Waals surface area contributed by atoms with Crippen LogP contribution < -0.4 is 4.74 Å². The zero-order chi connectivity index (χ0) is 24.7. The van der Waals surface area contributed by atoms with Gasteiger partial charge in [0.1, 0.15) is 5.82 Å². The highest BCUT2D eigenvalue weighted by molar-refractivity contribution is 6.31. The normalized spacial score (nSPS) is 15.8. The molecule has 1 unspecified atom stereocenters. The molecule has 3 heterocycles. The number of amides is 1. The van der Waals surface area contributed by atoms with Crippen molar-refractivity contribution in [3.8, 4) is 5.75 Å². The predicted molar refractivity (Wildman–Crippen MR) is 126 cm³/mol. The van der Waals surface area contributed by atoms with E-state index in [2.05, 4.69) is 4.98 Å².